The van der Waals surface area contributed by atoms with Crippen LogP contribution in [0.5, 0.6) is 0 Å². The molecule has 0 heterocycles. The van der Waals surface area contributed by atoms with Crippen molar-refractivity contribution in [1.82, 2.24) is 0 Å². The first-order valence-electron chi connectivity index (χ1n) is 5.46. The molecule has 2 aromatic rings. The highest BCUT2D eigenvalue weighted by atomic mass is 32.2. The van der Waals surface area contributed by atoms with E-state index < -0.39 is 11.6 Å². The minimum atomic E-state index is -0.824. The lowest BCUT2D eigenvalue weighted by molar-refractivity contribution is 0.508. The summed E-state index contributed by atoms with van der Waals surface area (Å²) in [5.41, 5.74) is 1.67. The van der Waals surface area contributed by atoms with Crippen LogP contribution >= 0.6 is 11.8 Å². The van der Waals surface area contributed by atoms with Crippen molar-refractivity contribution in [2.75, 3.05) is 6.26 Å². The fraction of sp³-hybridized carbons (Fsp3) is 0.0667. The number of thioether (sulfide) groups is 1. The van der Waals surface area contributed by atoms with Crippen LogP contribution in [0.15, 0.2) is 47.4 Å². The molecule has 0 aliphatic carbocycles. The molecule has 0 radical (unpaired) electrons. The molecule has 2 rings (SSSR count). The zero-order valence-corrected chi connectivity index (χ0v) is 10.7. The third kappa shape index (κ3) is 3.20. The van der Waals surface area contributed by atoms with Crippen LogP contribution in [0, 0.1) is 11.6 Å². The van der Waals surface area contributed by atoms with Crippen molar-refractivity contribution < 1.29 is 8.78 Å². The van der Waals surface area contributed by atoms with Crippen molar-refractivity contribution >= 4 is 23.9 Å². The molecule has 92 valence electrons. The Kier molecular flexibility index (Phi) is 4.15. The van der Waals surface area contributed by atoms with Crippen molar-refractivity contribution in [2.45, 2.75) is 4.90 Å². The van der Waals surface area contributed by atoms with Crippen LogP contribution < -0.4 is 0 Å². The highest BCUT2D eigenvalue weighted by Crippen LogP contribution is 2.17. The number of benzene rings is 2. The second kappa shape index (κ2) is 5.83. The molecule has 0 aliphatic rings. The molecule has 2 aromatic carbocycles. The summed E-state index contributed by atoms with van der Waals surface area (Å²) in [7, 11) is 0. The van der Waals surface area contributed by atoms with Gasteiger partial charge in [-0.1, -0.05) is 30.4 Å². The normalized spacial score (nSPS) is 11.1. The summed E-state index contributed by atoms with van der Waals surface area (Å²) in [5, 5.41) is 0. The third-order valence-corrected chi connectivity index (χ3v) is 3.27. The minimum Gasteiger partial charge on any atom is -0.204 e. The van der Waals surface area contributed by atoms with Gasteiger partial charge in [-0.05, 0) is 41.6 Å². The van der Waals surface area contributed by atoms with Crippen LogP contribution in [-0.2, 0) is 0 Å². The zero-order valence-electron chi connectivity index (χ0n) is 9.86. The van der Waals surface area contributed by atoms with Gasteiger partial charge in [0, 0.05) is 4.90 Å². The Morgan fingerprint density at radius 2 is 1.44 bits per heavy atom. The Morgan fingerprint density at radius 1 is 0.833 bits per heavy atom. The monoisotopic (exact) mass is 262 g/mol. The molecule has 0 fully saturated rings. The van der Waals surface area contributed by atoms with Crippen molar-refractivity contribution in [3.05, 3.63) is 65.2 Å². The zero-order chi connectivity index (χ0) is 13.0. The summed E-state index contributed by atoms with van der Waals surface area (Å²) in [6.45, 7) is 0. The Labute approximate surface area is 109 Å². The van der Waals surface area contributed by atoms with E-state index in [4.69, 9.17) is 0 Å². The summed E-state index contributed by atoms with van der Waals surface area (Å²) in [6, 6.07) is 11.9. The summed E-state index contributed by atoms with van der Waals surface area (Å²) in [5.74, 6) is -1.65. The van der Waals surface area contributed by atoms with E-state index in [1.165, 1.54) is 11.0 Å². The van der Waals surface area contributed by atoms with Crippen molar-refractivity contribution in [3.8, 4) is 0 Å². The topological polar surface area (TPSA) is 0 Å². The highest BCUT2D eigenvalue weighted by molar-refractivity contribution is 7.98. The Hall–Kier alpha value is -1.61. The molecular formula is C15H12F2S. The van der Waals surface area contributed by atoms with Gasteiger partial charge in [-0.25, -0.2) is 8.78 Å². The van der Waals surface area contributed by atoms with Gasteiger partial charge in [0.15, 0.2) is 11.6 Å². The predicted molar refractivity (Wildman–Crippen MR) is 73.5 cm³/mol. The standard InChI is InChI=1S/C15H12F2S/c1-18-13-7-4-11(5-8-13)2-3-12-6-9-14(16)15(17)10-12/h2-10H,1H3/b3-2+. The van der Waals surface area contributed by atoms with Gasteiger partial charge in [0.2, 0.25) is 0 Å². The lowest BCUT2D eigenvalue weighted by atomic mass is 10.1. The van der Waals surface area contributed by atoms with Gasteiger partial charge in [-0.15, -0.1) is 11.8 Å². The van der Waals surface area contributed by atoms with Gasteiger partial charge in [0.1, 0.15) is 0 Å². The van der Waals surface area contributed by atoms with Crippen LogP contribution in [0.25, 0.3) is 12.2 Å². The molecule has 0 nitrogen and oxygen atoms in total. The van der Waals surface area contributed by atoms with Crippen LogP contribution in [0.4, 0.5) is 8.78 Å². The summed E-state index contributed by atoms with van der Waals surface area (Å²) >= 11 is 1.68. The Balaban J connectivity index is 2.16. The fourth-order valence-corrected chi connectivity index (χ4v) is 1.93. The summed E-state index contributed by atoms with van der Waals surface area (Å²) < 4.78 is 25.7. The van der Waals surface area contributed by atoms with Crippen LogP contribution in [-0.4, -0.2) is 6.26 Å². The second-order valence-electron chi connectivity index (χ2n) is 3.78. The number of hydrogen-bond acceptors (Lipinski definition) is 1. The maximum Gasteiger partial charge on any atom is 0.159 e. The van der Waals surface area contributed by atoms with Gasteiger partial charge >= 0.3 is 0 Å². The van der Waals surface area contributed by atoms with E-state index in [0.717, 1.165) is 11.6 Å². The Morgan fingerprint density at radius 3 is 2.06 bits per heavy atom. The largest absolute Gasteiger partial charge is 0.204 e. The first-order chi connectivity index (χ1) is 8.69. The molecule has 0 atom stereocenters. The van der Waals surface area contributed by atoms with Crippen LogP contribution in [0.1, 0.15) is 11.1 Å². The lowest BCUT2D eigenvalue weighted by Crippen LogP contribution is -1.83. The number of halogens is 2. The quantitative estimate of drug-likeness (QED) is 0.562. The number of hydrogen-bond donors (Lipinski definition) is 0. The molecule has 0 aromatic heterocycles. The van der Waals surface area contributed by atoms with Gasteiger partial charge in [-0.3, -0.25) is 0 Å². The average molecular weight is 262 g/mol. The molecule has 0 bridgehead atoms. The SMILES string of the molecule is CSc1ccc(/C=C/c2ccc(F)c(F)c2)cc1. The lowest BCUT2D eigenvalue weighted by Gasteiger charge is -1.98. The van der Waals surface area contributed by atoms with E-state index in [1.54, 1.807) is 23.9 Å². The third-order valence-electron chi connectivity index (χ3n) is 2.53. The minimum absolute atomic E-state index is 0.642. The van der Waals surface area contributed by atoms with Crippen LogP contribution in [0.3, 0.4) is 0 Å². The second-order valence-corrected chi connectivity index (χ2v) is 4.66. The van der Waals surface area contributed by atoms with E-state index in [1.807, 2.05) is 36.6 Å². The van der Waals surface area contributed by atoms with E-state index in [0.29, 0.717) is 5.56 Å². The molecule has 0 unspecified atom stereocenters. The van der Waals surface area contributed by atoms with Gasteiger partial charge in [0.25, 0.3) is 0 Å². The molecule has 0 aliphatic heterocycles. The molecule has 0 N–H and O–H groups in total. The predicted octanol–water partition coefficient (Wildman–Crippen LogP) is 4.86. The average Bonchev–Trinajstić information content (AvgIpc) is 2.41. The van der Waals surface area contributed by atoms with Crippen molar-refractivity contribution in [1.29, 1.82) is 0 Å². The first-order valence-corrected chi connectivity index (χ1v) is 6.69. The molecule has 18 heavy (non-hydrogen) atoms. The van der Waals surface area contributed by atoms with Gasteiger partial charge in [0.05, 0.1) is 0 Å². The van der Waals surface area contributed by atoms with Crippen molar-refractivity contribution in [2.24, 2.45) is 0 Å². The Bertz CT molecular complexity index is 559. The first kappa shape index (κ1) is 12.8. The maximum absolute atomic E-state index is 13.0. The molecule has 0 saturated carbocycles. The number of rotatable bonds is 3. The van der Waals surface area contributed by atoms with E-state index in [2.05, 4.69) is 0 Å². The van der Waals surface area contributed by atoms with Crippen molar-refractivity contribution in [3.63, 3.8) is 0 Å². The molecular weight excluding hydrogens is 250 g/mol. The van der Waals surface area contributed by atoms with E-state index >= 15 is 0 Å². The van der Waals surface area contributed by atoms with Crippen LogP contribution in [0.2, 0.25) is 0 Å². The summed E-state index contributed by atoms with van der Waals surface area (Å²) in [6.07, 6.45) is 5.65. The maximum atomic E-state index is 13.0. The highest BCUT2D eigenvalue weighted by Gasteiger charge is 1.99. The van der Waals surface area contributed by atoms with E-state index in [-0.39, 0.29) is 0 Å². The molecule has 3 heteroatoms. The fourth-order valence-electron chi connectivity index (χ4n) is 1.52. The molecule has 0 amide bonds. The van der Waals surface area contributed by atoms with E-state index in [9.17, 15) is 8.78 Å². The molecule has 0 saturated heterocycles. The summed E-state index contributed by atoms with van der Waals surface area (Å²) in [4.78, 5) is 1.19. The van der Waals surface area contributed by atoms with Gasteiger partial charge < -0.3 is 0 Å². The van der Waals surface area contributed by atoms with Gasteiger partial charge in [-0.2, -0.15) is 0 Å². The molecule has 0 spiro atoms. The smallest absolute Gasteiger partial charge is 0.159 e.